The van der Waals surface area contributed by atoms with Gasteiger partial charge in [-0.1, -0.05) is 36.4 Å². The van der Waals surface area contributed by atoms with Gasteiger partial charge in [-0.3, -0.25) is 4.79 Å². The second-order valence-corrected chi connectivity index (χ2v) is 4.48. The van der Waals surface area contributed by atoms with Gasteiger partial charge in [0.25, 0.3) is 5.91 Å². The van der Waals surface area contributed by atoms with Gasteiger partial charge in [0.2, 0.25) is 0 Å². The second-order valence-electron chi connectivity index (χ2n) is 4.48. The van der Waals surface area contributed by atoms with Crippen molar-refractivity contribution in [2.24, 2.45) is 0 Å². The molecule has 0 bridgehead atoms. The number of esters is 1. The van der Waals surface area contributed by atoms with E-state index in [0.717, 1.165) is 5.56 Å². The molecule has 0 aliphatic heterocycles. The van der Waals surface area contributed by atoms with Crippen LogP contribution in [0.3, 0.4) is 0 Å². The van der Waals surface area contributed by atoms with Crippen LogP contribution in [-0.2, 0) is 19.1 Å². The second kappa shape index (κ2) is 8.92. The maximum absolute atomic E-state index is 12.3. The van der Waals surface area contributed by atoms with Crippen molar-refractivity contribution < 1.29 is 19.1 Å². The summed E-state index contributed by atoms with van der Waals surface area (Å²) in [6, 6.07) is 8.39. The average Bonchev–Trinajstić information content (AvgIpc) is 2.52. The zero-order valence-electron chi connectivity index (χ0n) is 12.4. The van der Waals surface area contributed by atoms with Crippen LogP contribution in [0.5, 0.6) is 0 Å². The summed E-state index contributed by atoms with van der Waals surface area (Å²) in [5, 5.41) is 2.67. The van der Waals surface area contributed by atoms with Gasteiger partial charge in [0, 0.05) is 7.11 Å². The van der Waals surface area contributed by atoms with Gasteiger partial charge < -0.3 is 14.8 Å². The summed E-state index contributed by atoms with van der Waals surface area (Å²) in [5.74, 6) is -0.851. The third kappa shape index (κ3) is 5.04. The molecule has 0 aromatic heterocycles. The minimum absolute atomic E-state index is 0.372. The van der Waals surface area contributed by atoms with E-state index in [1.807, 2.05) is 18.2 Å². The van der Waals surface area contributed by atoms with Crippen LogP contribution in [0.25, 0.3) is 0 Å². The Labute approximate surface area is 124 Å². The SMILES string of the molecule is C=CCC[C@H](NC(=O)[C@@H](OC)c1ccccc1)C(=O)OC. The number of allylic oxidation sites excluding steroid dienone is 1. The maximum Gasteiger partial charge on any atom is 0.328 e. The molecule has 5 nitrogen and oxygen atoms in total. The van der Waals surface area contributed by atoms with Gasteiger partial charge in [0.15, 0.2) is 6.10 Å². The normalized spacial score (nSPS) is 13.0. The highest BCUT2D eigenvalue weighted by molar-refractivity contribution is 5.87. The summed E-state index contributed by atoms with van der Waals surface area (Å²) < 4.78 is 9.93. The topological polar surface area (TPSA) is 64.6 Å². The molecule has 2 atom stereocenters. The number of carbonyl (C=O) groups excluding carboxylic acids is 2. The van der Waals surface area contributed by atoms with Crippen molar-refractivity contribution >= 4 is 11.9 Å². The van der Waals surface area contributed by atoms with Crippen LogP contribution in [0.2, 0.25) is 0 Å². The largest absolute Gasteiger partial charge is 0.467 e. The van der Waals surface area contributed by atoms with Crippen LogP contribution in [0.1, 0.15) is 24.5 Å². The summed E-state index contributed by atoms with van der Waals surface area (Å²) in [6.07, 6.45) is 1.96. The van der Waals surface area contributed by atoms with Crippen molar-refractivity contribution in [1.29, 1.82) is 0 Å². The van der Waals surface area contributed by atoms with Crippen LogP contribution in [0.4, 0.5) is 0 Å². The van der Waals surface area contributed by atoms with Gasteiger partial charge in [0.1, 0.15) is 6.04 Å². The molecule has 21 heavy (non-hydrogen) atoms. The molecule has 1 aromatic carbocycles. The fraction of sp³-hybridized carbons (Fsp3) is 0.375. The van der Waals surface area contributed by atoms with Crippen LogP contribution in [-0.4, -0.2) is 32.1 Å². The molecule has 0 saturated heterocycles. The number of ether oxygens (including phenoxy) is 2. The monoisotopic (exact) mass is 291 g/mol. The number of amides is 1. The molecule has 0 fully saturated rings. The zero-order valence-corrected chi connectivity index (χ0v) is 12.4. The number of hydrogen-bond acceptors (Lipinski definition) is 4. The molecule has 1 aromatic rings. The predicted molar refractivity (Wildman–Crippen MR) is 79.6 cm³/mol. The first kappa shape index (κ1) is 16.9. The Hall–Kier alpha value is -2.14. The zero-order chi connectivity index (χ0) is 15.7. The van der Waals surface area contributed by atoms with Crippen molar-refractivity contribution in [2.45, 2.75) is 25.0 Å². The number of methoxy groups -OCH3 is 2. The smallest absolute Gasteiger partial charge is 0.328 e. The quantitative estimate of drug-likeness (QED) is 0.588. The van der Waals surface area contributed by atoms with Crippen molar-refractivity contribution in [1.82, 2.24) is 5.32 Å². The third-order valence-electron chi connectivity index (χ3n) is 3.04. The van der Waals surface area contributed by atoms with E-state index in [1.165, 1.54) is 14.2 Å². The molecule has 0 heterocycles. The van der Waals surface area contributed by atoms with Crippen molar-refractivity contribution in [2.75, 3.05) is 14.2 Å². The Morgan fingerprint density at radius 2 is 1.95 bits per heavy atom. The van der Waals surface area contributed by atoms with Gasteiger partial charge in [-0.2, -0.15) is 0 Å². The van der Waals surface area contributed by atoms with E-state index in [2.05, 4.69) is 11.9 Å². The van der Waals surface area contributed by atoms with E-state index in [9.17, 15) is 9.59 Å². The Balaban J connectivity index is 2.79. The third-order valence-corrected chi connectivity index (χ3v) is 3.04. The first-order valence-corrected chi connectivity index (χ1v) is 6.70. The van der Waals surface area contributed by atoms with Crippen molar-refractivity contribution in [3.8, 4) is 0 Å². The van der Waals surface area contributed by atoms with E-state index < -0.39 is 18.1 Å². The summed E-state index contributed by atoms with van der Waals surface area (Å²) in [6.45, 7) is 3.61. The minimum Gasteiger partial charge on any atom is -0.467 e. The van der Waals surface area contributed by atoms with E-state index in [4.69, 9.17) is 9.47 Å². The van der Waals surface area contributed by atoms with Crippen molar-refractivity contribution in [3.63, 3.8) is 0 Å². The average molecular weight is 291 g/mol. The molecule has 1 amide bonds. The molecule has 0 spiro atoms. The fourth-order valence-corrected chi connectivity index (χ4v) is 1.95. The molecule has 1 rings (SSSR count). The van der Waals surface area contributed by atoms with Crippen LogP contribution >= 0.6 is 0 Å². The van der Waals surface area contributed by atoms with E-state index in [0.29, 0.717) is 12.8 Å². The Bertz CT molecular complexity index is 472. The molecule has 1 N–H and O–H groups in total. The standard InChI is InChI=1S/C16H21NO4/c1-4-5-11-13(16(19)21-3)17-15(18)14(20-2)12-9-7-6-8-10-12/h4,6-10,13-14H,1,5,11H2,2-3H3,(H,17,18)/t13-,14-/m0/s1. The van der Waals surface area contributed by atoms with Gasteiger partial charge in [-0.25, -0.2) is 4.79 Å². The number of benzene rings is 1. The van der Waals surface area contributed by atoms with E-state index in [-0.39, 0.29) is 5.91 Å². The Morgan fingerprint density at radius 1 is 1.29 bits per heavy atom. The molecular weight excluding hydrogens is 270 g/mol. The molecule has 0 aliphatic rings. The number of carbonyl (C=O) groups is 2. The molecule has 114 valence electrons. The molecule has 0 unspecified atom stereocenters. The molecular formula is C16H21NO4. The summed E-state index contributed by atoms with van der Waals surface area (Å²) in [4.78, 5) is 24.0. The molecule has 0 radical (unpaired) electrons. The Kier molecular flexibility index (Phi) is 7.18. The van der Waals surface area contributed by atoms with E-state index >= 15 is 0 Å². The first-order valence-electron chi connectivity index (χ1n) is 6.70. The number of rotatable bonds is 8. The lowest BCUT2D eigenvalue weighted by molar-refractivity contribution is -0.147. The van der Waals surface area contributed by atoms with Gasteiger partial charge in [-0.15, -0.1) is 6.58 Å². The lowest BCUT2D eigenvalue weighted by atomic mass is 10.1. The van der Waals surface area contributed by atoms with E-state index in [1.54, 1.807) is 18.2 Å². The predicted octanol–water partition coefficient (Wildman–Crippen LogP) is 2.00. The summed E-state index contributed by atoms with van der Waals surface area (Å²) >= 11 is 0. The highest BCUT2D eigenvalue weighted by Crippen LogP contribution is 2.17. The maximum atomic E-state index is 12.3. The molecule has 0 aliphatic carbocycles. The highest BCUT2D eigenvalue weighted by atomic mass is 16.5. The van der Waals surface area contributed by atoms with Crippen LogP contribution < -0.4 is 5.32 Å². The minimum atomic E-state index is -0.762. The fourth-order valence-electron chi connectivity index (χ4n) is 1.95. The number of nitrogens with one attached hydrogen (secondary N) is 1. The summed E-state index contributed by atoms with van der Waals surface area (Å²) in [7, 11) is 2.74. The number of hydrogen-bond donors (Lipinski definition) is 1. The van der Waals surface area contributed by atoms with Crippen LogP contribution in [0.15, 0.2) is 43.0 Å². The molecule has 5 heteroatoms. The first-order chi connectivity index (χ1) is 10.1. The van der Waals surface area contributed by atoms with Crippen LogP contribution in [0, 0.1) is 0 Å². The molecule has 0 saturated carbocycles. The Morgan fingerprint density at radius 3 is 2.48 bits per heavy atom. The lowest BCUT2D eigenvalue weighted by Crippen LogP contribution is -2.43. The highest BCUT2D eigenvalue weighted by Gasteiger charge is 2.26. The van der Waals surface area contributed by atoms with Gasteiger partial charge in [-0.05, 0) is 18.4 Å². The lowest BCUT2D eigenvalue weighted by Gasteiger charge is -2.20. The van der Waals surface area contributed by atoms with Gasteiger partial charge in [0.05, 0.1) is 7.11 Å². The van der Waals surface area contributed by atoms with Gasteiger partial charge >= 0.3 is 5.97 Å². The summed E-state index contributed by atoms with van der Waals surface area (Å²) in [5.41, 5.74) is 0.727. The van der Waals surface area contributed by atoms with Crippen molar-refractivity contribution in [3.05, 3.63) is 48.6 Å².